The summed E-state index contributed by atoms with van der Waals surface area (Å²) in [5.74, 6) is -0.609. The van der Waals surface area contributed by atoms with Crippen LogP contribution in [0, 0.1) is 11.8 Å². The van der Waals surface area contributed by atoms with Crippen LogP contribution in [0.5, 0.6) is 0 Å². The van der Waals surface area contributed by atoms with E-state index in [0.29, 0.717) is 11.5 Å². The molecular formula is C30H47NO8. The molecule has 1 heterocycles. The maximum absolute atomic E-state index is 13.5. The van der Waals surface area contributed by atoms with E-state index in [1.807, 2.05) is 18.2 Å². The molecule has 1 aliphatic rings. The number of nitrogens with zero attached hydrogens (tertiary/aromatic N) is 1. The summed E-state index contributed by atoms with van der Waals surface area (Å²) in [5, 5.41) is 0. The zero-order chi connectivity index (χ0) is 29.4. The van der Waals surface area contributed by atoms with E-state index in [0.717, 1.165) is 12.8 Å². The van der Waals surface area contributed by atoms with E-state index >= 15 is 0 Å². The summed E-state index contributed by atoms with van der Waals surface area (Å²) >= 11 is 0. The number of ether oxygens (including phenoxy) is 5. The molecule has 220 valence electrons. The number of hydrogen-bond acceptors (Lipinski definition) is 8. The predicted molar refractivity (Wildman–Crippen MR) is 147 cm³/mol. The van der Waals surface area contributed by atoms with Gasteiger partial charge in [-0.2, -0.15) is 4.90 Å². The smallest absolute Gasteiger partial charge is 0.420 e. The van der Waals surface area contributed by atoms with Crippen molar-refractivity contribution in [2.45, 2.75) is 105 Å². The van der Waals surface area contributed by atoms with E-state index in [4.69, 9.17) is 23.7 Å². The molecule has 1 fully saturated rings. The van der Waals surface area contributed by atoms with Gasteiger partial charge in [-0.25, -0.2) is 14.4 Å². The Hall–Kier alpha value is -2.65. The number of imide groups is 1. The molecule has 0 saturated carbocycles. The SMILES string of the molecule is CC(C)COC1C(CCc2ccccc2)COCC(N(C(=O)OC(C)(C)C)C(=O)OC(C)(C)C)C(=O)OC1C. The Morgan fingerprint density at radius 3 is 2.05 bits per heavy atom. The maximum Gasteiger partial charge on any atom is 0.420 e. The summed E-state index contributed by atoms with van der Waals surface area (Å²) in [7, 11) is 0. The average molecular weight is 550 g/mol. The zero-order valence-corrected chi connectivity index (χ0v) is 25.0. The van der Waals surface area contributed by atoms with Gasteiger partial charge in [0.1, 0.15) is 17.3 Å². The number of carbonyl (C=O) groups is 3. The van der Waals surface area contributed by atoms with Gasteiger partial charge in [0.25, 0.3) is 0 Å². The topological polar surface area (TPSA) is 101 Å². The van der Waals surface area contributed by atoms with Gasteiger partial charge in [0.2, 0.25) is 0 Å². The number of hydrogen-bond donors (Lipinski definition) is 0. The molecule has 39 heavy (non-hydrogen) atoms. The minimum absolute atomic E-state index is 0.0954. The van der Waals surface area contributed by atoms with Crippen molar-refractivity contribution < 1.29 is 38.1 Å². The predicted octanol–water partition coefficient (Wildman–Crippen LogP) is 5.78. The largest absolute Gasteiger partial charge is 0.458 e. The second-order valence-corrected chi connectivity index (χ2v) is 12.5. The molecular weight excluding hydrogens is 502 g/mol. The molecule has 1 aromatic rings. The fourth-order valence-corrected chi connectivity index (χ4v) is 4.16. The normalized spacial score (nSPS) is 22.8. The molecule has 4 unspecified atom stereocenters. The molecule has 1 aromatic carbocycles. The highest BCUT2D eigenvalue weighted by atomic mass is 16.6. The molecule has 0 aromatic heterocycles. The van der Waals surface area contributed by atoms with Crippen LogP contribution in [0.3, 0.4) is 0 Å². The number of rotatable bonds is 7. The Morgan fingerprint density at radius 2 is 1.54 bits per heavy atom. The maximum atomic E-state index is 13.5. The lowest BCUT2D eigenvalue weighted by molar-refractivity contribution is -0.164. The first-order chi connectivity index (χ1) is 18.1. The van der Waals surface area contributed by atoms with Gasteiger partial charge in [-0.05, 0) is 72.8 Å². The van der Waals surface area contributed by atoms with Crippen LogP contribution in [0.1, 0.15) is 74.3 Å². The van der Waals surface area contributed by atoms with Gasteiger partial charge in [-0.15, -0.1) is 0 Å². The summed E-state index contributed by atoms with van der Waals surface area (Å²) in [6.45, 7) is 16.4. The van der Waals surface area contributed by atoms with Crippen LogP contribution in [0.4, 0.5) is 9.59 Å². The fourth-order valence-electron chi connectivity index (χ4n) is 4.16. The van der Waals surface area contributed by atoms with Crippen LogP contribution in [-0.2, 0) is 34.9 Å². The fraction of sp³-hybridized carbons (Fsp3) is 0.700. The molecule has 0 radical (unpaired) electrons. The highest BCUT2D eigenvalue weighted by Crippen LogP contribution is 2.26. The van der Waals surface area contributed by atoms with E-state index in [-0.39, 0.29) is 25.0 Å². The van der Waals surface area contributed by atoms with Crippen LogP contribution in [0.15, 0.2) is 30.3 Å². The monoisotopic (exact) mass is 549 g/mol. The Labute approximate surface area is 233 Å². The Morgan fingerprint density at radius 1 is 0.974 bits per heavy atom. The van der Waals surface area contributed by atoms with Crippen LogP contribution >= 0.6 is 0 Å². The molecule has 0 bridgehead atoms. The van der Waals surface area contributed by atoms with E-state index in [9.17, 15) is 14.4 Å². The van der Waals surface area contributed by atoms with Gasteiger partial charge in [-0.3, -0.25) is 0 Å². The van der Waals surface area contributed by atoms with E-state index in [2.05, 4.69) is 26.0 Å². The Bertz CT molecular complexity index is 907. The molecule has 0 spiro atoms. The van der Waals surface area contributed by atoms with Gasteiger partial charge in [-0.1, -0.05) is 44.2 Å². The number of aryl methyl sites for hydroxylation is 1. The van der Waals surface area contributed by atoms with Crippen LogP contribution < -0.4 is 0 Å². The van der Waals surface area contributed by atoms with Crippen molar-refractivity contribution in [3.63, 3.8) is 0 Å². The zero-order valence-electron chi connectivity index (χ0n) is 25.0. The van der Waals surface area contributed by atoms with Crippen molar-refractivity contribution in [1.82, 2.24) is 4.90 Å². The molecule has 2 rings (SSSR count). The van der Waals surface area contributed by atoms with Gasteiger partial charge < -0.3 is 23.7 Å². The third-order valence-corrected chi connectivity index (χ3v) is 5.87. The number of carbonyl (C=O) groups excluding carboxylic acids is 3. The van der Waals surface area contributed by atoms with E-state index < -0.39 is 47.6 Å². The molecule has 4 atom stereocenters. The number of cyclic esters (lactones) is 1. The van der Waals surface area contributed by atoms with Crippen molar-refractivity contribution in [1.29, 1.82) is 0 Å². The molecule has 9 nitrogen and oxygen atoms in total. The van der Waals surface area contributed by atoms with Crippen LogP contribution in [-0.4, -0.2) is 72.3 Å². The van der Waals surface area contributed by atoms with Crippen molar-refractivity contribution in [3.8, 4) is 0 Å². The minimum atomic E-state index is -1.39. The second kappa shape index (κ2) is 14.1. The van der Waals surface area contributed by atoms with Crippen LogP contribution in [0.25, 0.3) is 0 Å². The van der Waals surface area contributed by atoms with Crippen molar-refractivity contribution in [3.05, 3.63) is 35.9 Å². The summed E-state index contributed by atoms with van der Waals surface area (Å²) in [6, 6.07) is 8.72. The summed E-state index contributed by atoms with van der Waals surface area (Å²) in [4.78, 5) is 40.5. The third kappa shape index (κ3) is 11.2. The first-order valence-electron chi connectivity index (χ1n) is 13.8. The summed E-state index contributed by atoms with van der Waals surface area (Å²) in [6.07, 6.45) is -1.58. The molecule has 1 aliphatic heterocycles. The molecule has 9 heteroatoms. The highest BCUT2D eigenvalue weighted by Gasteiger charge is 2.44. The van der Waals surface area contributed by atoms with Gasteiger partial charge in [0, 0.05) is 12.5 Å². The number of amides is 2. The first-order valence-corrected chi connectivity index (χ1v) is 13.8. The number of esters is 1. The lowest BCUT2D eigenvalue weighted by Gasteiger charge is -2.33. The second-order valence-electron chi connectivity index (χ2n) is 12.5. The standard InChI is InChI=1S/C30H47NO8/c1-20(2)17-36-25-21(3)37-26(32)24(19-35-18-23(25)16-15-22-13-11-10-12-14-22)31(27(33)38-29(4,5)6)28(34)39-30(7,8)9/h10-14,20-21,23-25H,15-19H2,1-9H3. The van der Waals surface area contributed by atoms with Gasteiger partial charge in [0.05, 0.1) is 19.3 Å². The molecule has 0 aliphatic carbocycles. The molecule has 1 saturated heterocycles. The molecule has 2 amide bonds. The number of benzene rings is 1. The summed E-state index contributed by atoms with van der Waals surface area (Å²) in [5.41, 5.74) is -0.637. The van der Waals surface area contributed by atoms with Crippen molar-refractivity contribution in [2.24, 2.45) is 11.8 Å². The van der Waals surface area contributed by atoms with E-state index in [1.165, 1.54) is 5.56 Å². The van der Waals surface area contributed by atoms with Gasteiger partial charge in [0.15, 0.2) is 6.04 Å². The first kappa shape index (κ1) is 32.6. The Balaban J connectivity index is 2.35. The summed E-state index contributed by atoms with van der Waals surface area (Å²) < 4.78 is 29.1. The van der Waals surface area contributed by atoms with Crippen LogP contribution in [0.2, 0.25) is 0 Å². The van der Waals surface area contributed by atoms with Crippen molar-refractivity contribution >= 4 is 18.2 Å². The van der Waals surface area contributed by atoms with Gasteiger partial charge >= 0.3 is 18.2 Å². The van der Waals surface area contributed by atoms with Crippen molar-refractivity contribution in [2.75, 3.05) is 19.8 Å². The lowest BCUT2D eigenvalue weighted by atomic mass is 9.92. The average Bonchev–Trinajstić information content (AvgIpc) is 2.83. The minimum Gasteiger partial charge on any atom is -0.458 e. The third-order valence-electron chi connectivity index (χ3n) is 5.87. The quantitative estimate of drug-likeness (QED) is 0.312. The van der Waals surface area contributed by atoms with E-state index in [1.54, 1.807) is 48.5 Å². The molecule has 0 N–H and O–H groups in total. The highest BCUT2D eigenvalue weighted by molar-refractivity contribution is 5.94. The Kier molecular flexibility index (Phi) is 11.8. The lowest BCUT2D eigenvalue weighted by Crippen LogP contribution is -2.54.